The summed E-state index contributed by atoms with van der Waals surface area (Å²) in [5.74, 6) is -0.215. The second-order valence-corrected chi connectivity index (χ2v) is 21.1. The summed E-state index contributed by atoms with van der Waals surface area (Å²) < 4.78 is 31.9. The van der Waals surface area contributed by atoms with Crippen LogP contribution in [0.15, 0.2) is 0 Å². The van der Waals surface area contributed by atoms with E-state index in [1.54, 1.807) is 13.8 Å². The first-order chi connectivity index (χ1) is 25.5. The zero-order chi connectivity index (χ0) is 40.1. The molecule has 8 aliphatic rings. The van der Waals surface area contributed by atoms with Gasteiger partial charge in [0.1, 0.15) is 42.7 Å². The standard InChI is InChI=1S/C41H68O14/c1-35(2)24(54-33-29(48)26(45)20(44)17-51-33)9-11-41-18-40(41)13-12-37(5)31(39(7)10-8-25(55-39)36(3,4)50)19(43)15-38(37,6)23(40)14-21(32(35)41)52-34-30(49)28(47)27(46)22(16-42)53-34/h19-34,42-50H,8-18H2,1-7H3/t19-,20+,21-,22+,23-,24-,25-,26-,27-,28-,29+,30+,31-,32-,33-,34+,37+,38-,39+,40-,41+/m0/s1. The molecule has 8 rings (SSSR count). The third-order valence-electron chi connectivity index (χ3n) is 17.6. The van der Waals surface area contributed by atoms with Crippen LogP contribution in [0.4, 0.5) is 0 Å². The quantitative estimate of drug-likeness (QED) is 0.162. The van der Waals surface area contributed by atoms with Crippen molar-refractivity contribution in [2.75, 3.05) is 13.2 Å². The Balaban J connectivity index is 1.15. The van der Waals surface area contributed by atoms with Gasteiger partial charge in [-0.05, 0) is 117 Å². The fourth-order valence-electron chi connectivity index (χ4n) is 14.9. The Kier molecular flexibility index (Phi) is 9.90. The molecule has 0 aromatic carbocycles. The summed E-state index contributed by atoms with van der Waals surface area (Å²) in [5, 5.41) is 97.2. The lowest BCUT2D eigenvalue weighted by Crippen LogP contribution is -2.65. The van der Waals surface area contributed by atoms with Crippen molar-refractivity contribution in [1.29, 1.82) is 0 Å². The van der Waals surface area contributed by atoms with E-state index in [1.165, 1.54) is 0 Å². The predicted molar refractivity (Wildman–Crippen MR) is 194 cm³/mol. The van der Waals surface area contributed by atoms with Gasteiger partial charge in [-0.2, -0.15) is 0 Å². The average Bonchev–Trinajstić information content (AvgIpc) is 3.47. The van der Waals surface area contributed by atoms with Gasteiger partial charge in [-0.3, -0.25) is 0 Å². The van der Waals surface area contributed by atoms with Gasteiger partial charge in [-0.1, -0.05) is 27.7 Å². The van der Waals surface area contributed by atoms with Gasteiger partial charge in [0, 0.05) is 5.92 Å². The lowest BCUT2D eigenvalue weighted by molar-refractivity contribution is -0.339. The monoisotopic (exact) mass is 784 g/mol. The zero-order valence-electron chi connectivity index (χ0n) is 33.6. The first-order valence-electron chi connectivity index (χ1n) is 20.9. The Bertz CT molecular complexity index is 1460. The van der Waals surface area contributed by atoms with Crippen molar-refractivity contribution in [3.8, 4) is 0 Å². The second kappa shape index (κ2) is 13.2. The summed E-state index contributed by atoms with van der Waals surface area (Å²) in [6.45, 7) is 13.8. The van der Waals surface area contributed by atoms with Crippen LogP contribution in [0, 0.1) is 44.8 Å². The van der Waals surface area contributed by atoms with Crippen LogP contribution in [0.2, 0.25) is 0 Å². The highest BCUT2D eigenvalue weighted by atomic mass is 16.7. The van der Waals surface area contributed by atoms with Gasteiger partial charge >= 0.3 is 0 Å². The van der Waals surface area contributed by atoms with E-state index in [0.29, 0.717) is 25.7 Å². The van der Waals surface area contributed by atoms with E-state index in [9.17, 15) is 46.0 Å². The zero-order valence-corrected chi connectivity index (χ0v) is 33.6. The molecule has 0 aromatic rings. The molecule has 3 heterocycles. The molecule has 0 unspecified atom stereocenters. The fourth-order valence-corrected chi connectivity index (χ4v) is 14.9. The molecule has 5 saturated carbocycles. The van der Waals surface area contributed by atoms with Crippen LogP contribution in [-0.4, -0.2) is 150 Å². The SMILES string of the molecule is CC(C)(O)[C@@H]1CC[C@](C)([C@H]2[C@@H](O)C[C@@]3(C)[C@@H]4C[C@H](O[C@@H]5O[C@H](CO)[C@H](O)[C@H](O)[C@H]5O)[C@H]5C(C)(C)[C@@H](O[C@@H]6OC[C@@H](O)[C@H](O)[C@H]6O)CC[C@@]56C[C@@]46CC[C@]23C)O1. The van der Waals surface area contributed by atoms with E-state index in [0.717, 1.165) is 32.1 Å². The fraction of sp³-hybridized carbons (Fsp3) is 1.00. The average molecular weight is 785 g/mol. The highest BCUT2D eigenvalue weighted by Crippen LogP contribution is 2.89. The maximum absolute atomic E-state index is 12.2. The molecule has 55 heavy (non-hydrogen) atoms. The van der Waals surface area contributed by atoms with Crippen LogP contribution in [0.1, 0.15) is 106 Å². The molecule has 2 spiro atoms. The summed E-state index contributed by atoms with van der Waals surface area (Å²) >= 11 is 0. The molecule has 5 aliphatic carbocycles. The molecule has 0 bridgehead atoms. The smallest absolute Gasteiger partial charge is 0.186 e. The van der Waals surface area contributed by atoms with Gasteiger partial charge in [-0.25, -0.2) is 0 Å². The van der Waals surface area contributed by atoms with Gasteiger partial charge in [0.15, 0.2) is 12.6 Å². The van der Waals surface area contributed by atoms with Gasteiger partial charge in [0.2, 0.25) is 0 Å². The van der Waals surface area contributed by atoms with Crippen molar-refractivity contribution in [3.63, 3.8) is 0 Å². The largest absolute Gasteiger partial charge is 0.394 e. The molecule has 0 radical (unpaired) electrons. The topological polar surface area (TPSA) is 228 Å². The Morgan fingerprint density at radius 2 is 1.40 bits per heavy atom. The van der Waals surface area contributed by atoms with Gasteiger partial charge in [-0.15, -0.1) is 0 Å². The lowest BCUT2D eigenvalue weighted by atomic mass is 9.41. The molecule has 316 valence electrons. The highest BCUT2D eigenvalue weighted by Gasteiger charge is 2.85. The Labute approximate surface area is 324 Å². The number of hydrogen-bond donors (Lipinski definition) is 9. The molecule has 0 aromatic heterocycles. The minimum absolute atomic E-state index is 0.0633. The third kappa shape index (κ3) is 5.70. The minimum atomic E-state index is -1.60. The molecular formula is C41H68O14. The molecule has 3 aliphatic heterocycles. The van der Waals surface area contributed by atoms with Crippen molar-refractivity contribution in [3.05, 3.63) is 0 Å². The molecular weight excluding hydrogens is 716 g/mol. The molecule has 14 heteroatoms. The number of rotatable bonds is 7. The van der Waals surface area contributed by atoms with Crippen molar-refractivity contribution < 1.29 is 69.6 Å². The van der Waals surface area contributed by atoms with E-state index in [-0.39, 0.29) is 52.1 Å². The molecule has 21 atom stereocenters. The normalized spacial score (nSPS) is 58.7. The maximum Gasteiger partial charge on any atom is 0.186 e. The third-order valence-corrected chi connectivity index (χ3v) is 17.6. The van der Waals surface area contributed by atoms with E-state index >= 15 is 0 Å². The van der Waals surface area contributed by atoms with E-state index in [4.69, 9.17) is 23.7 Å². The number of aliphatic hydroxyl groups excluding tert-OH is 8. The predicted octanol–water partition coefficient (Wildman–Crippen LogP) is 0.724. The van der Waals surface area contributed by atoms with Crippen molar-refractivity contribution in [1.82, 2.24) is 0 Å². The van der Waals surface area contributed by atoms with Gasteiger partial charge in [0.05, 0.1) is 48.8 Å². The van der Waals surface area contributed by atoms with Gasteiger partial charge < -0.3 is 69.6 Å². The second-order valence-electron chi connectivity index (χ2n) is 21.1. The summed E-state index contributed by atoms with van der Waals surface area (Å²) in [4.78, 5) is 0. The number of hydrogen-bond acceptors (Lipinski definition) is 14. The van der Waals surface area contributed by atoms with Crippen molar-refractivity contribution in [2.45, 2.75) is 197 Å². The Hall–Kier alpha value is -0.560. The minimum Gasteiger partial charge on any atom is -0.394 e. The summed E-state index contributed by atoms with van der Waals surface area (Å²) in [7, 11) is 0. The molecule has 9 N–H and O–H groups in total. The summed E-state index contributed by atoms with van der Waals surface area (Å²) in [6, 6.07) is 0. The van der Waals surface area contributed by atoms with Crippen LogP contribution in [-0.2, 0) is 23.7 Å². The van der Waals surface area contributed by atoms with E-state index < -0.39 is 96.8 Å². The summed E-state index contributed by atoms with van der Waals surface area (Å²) in [6.07, 6.45) is -7.48. The first kappa shape index (κ1) is 41.2. The van der Waals surface area contributed by atoms with Crippen LogP contribution in [0.25, 0.3) is 0 Å². The van der Waals surface area contributed by atoms with E-state index in [2.05, 4.69) is 34.6 Å². The molecule has 0 amide bonds. The Morgan fingerprint density at radius 1 is 0.709 bits per heavy atom. The van der Waals surface area contributed by atoms with Crippen LogP contribution < -0.4 is 0 Å². The maximum atomic E-state index is 12.2. The van der Waals surface area contributed by atoms with E-state index in [1.807, 2.05) is 0 Å². The Morgan fingerprint density at radius 3 is 2.05 bits per heavy atom. The van der Waals surface area contributed by atoms with Crippen molar-refractivity contribution in [2.24, 2.45) is 44.8 Å². The van der Waals surface area contributed by atoms with Crippen LogP contribution >= 0.6 is 0 Å². The number of fused-ring (bicyclic) bond motifs is 2. The van der Waals surface area contributed by atoms with Crippen molar-refractivity contribution >= 4 is 0 Å². The summed E-state index contributed by atoms with van der Waals surface area (Å²) in [5.41, 5.74) is -3.16. The first-order valence-corrected chi connectivity index (χ1v) is 20.9. The molecule has 3 saturated heterocycles. The molecule has 8 fully saturated rings. The number of aliphatic hydroxyl groups is 9. The van der Waals surface area contributed by atoms with Gasteiger partial charge in [0.25, 0.3) is 0 Å². The molecule has 14 nitrogen and oxygen atoms in total. The van der Waals surface area contributed by atoms with Crippen LogP contribution in [0.3, 0.4) is 0 Å². The number of ether oxygens (including phenoxy) is 5. The lowest BCUT2D eigenvalue weighted by Gasteiger charge is -2.65. The van der Waals surface area contributed by atoms with Crippen LogP contribution in [0.5, 0.6) is 0 Å². The highest BCUT2D eigenvalue weighted by molar-refractivity contribution is 5.33.